The molecule has 25 heavy (non-hydrogen) atoms. The molecule has 2 N–H and O–H groups in total. The van der Waals surface area contributed by atoms with Crippen LogP contribution < -0.4 is 10.2 Å². The highest BCUT2D eigenvalue weighted by Gasteiger charge is 2.25. The predicted octanol–water partition coefficient (Wildman–Crippen LogP) is 1.35. The van der Waals surface area contributed by atoms with Crippen molar-refractivity contribution < 1.29 is 9.84 Å². The van der Waals surface area contributed by atoms with Gasteiger partial charge in [0.1, 0.15) is 18.0 Å². The average Bonchev–Trinajstić information content (AvgIpc) is 3.07. The number of aliphatic hydroxyl groups is 1. The fraction of sp³-hybridized carbons (Fsp3) is 0.778. The van der Waals surface area contributed by atoms with Crippen LogP contribution in [0.5, 0.6) is 0 Å². The number of anilines is 2. The third-order valence-corrected chi connectivity index (χ3v) is 4.99. The Balaban J connectivity index is 1.45. The van der Waals surface area contributed by atoms with Gasteiger partial charge in [0.25, 0.3) is 0 Å². The van der Waals surface area contributed by atoms with E-state index in [1.807, 2.05) is 6.07 Å². The van der Waals surface area contributed by atoms with Crippen LogP contribution in [0.1, 0.15) is 33.1 Å². The van der Waals surface area contributed by atoms with Crippen LogP contribution in [0, 0.1) is 0 Å². The summed E-state index contributed by atoms with van der Waals surface area (Å²) < 4.78 is 5.78. The molecule has 0 radical (unpaired) electrons. The molecule has 2 saturated heterocycles. The summed E-state index contributed by atoms with van der Waals surface area (Å²) in [5, 5.41) is 12.9. The van der Waals surface area contributed by atoms with Crippen molar-refractivity contribution in [3.05, 3.63) is 12.4 Å². The first kappa shape index (κ1) is 18.4. The number of ether oxygens (including phenoxy) is 1. The van der Waals surface area contributed by atoms with Gasteiger partial charge < -0.3 is 20.1 Å². The Morgan fingerprint density at radius 3 is 2.84 bits per heavy atom. The minimum atomic E-state index is 0.184. The molecule has 0 saturated carbocycles. The molecule has 3 atom stereocenters. The Kier molecular flexibility index (Phi) is 6.45. The molecule has 0 unspecified atom stereocenters. The van der Waals surface area contributed by atoms with Crippen LogP contribution in [0.4, 0.5) is 11.6 Å². The highest BCUT2D eigenvalue weighted by molar-refractivity contribution is 5.49. The highest BCUT2D eigenvalue weighted by atomic mass is 16.5. The summed E-state index contributed by atoms with van der Waals surface area (Å²) >= 11 is 0. The molecule has 140 valence electrons. The Morgan fingerprint density at radius 1 is 1.28 bits per heavy atom. The van der Waals surface area contributed by atoms with Crippen LogP contribution in [0.25, 0.3) is 0 Å². The molecular formula is C18H31N5O2. The molecule has 7 heteroatoms. The fourth-order valence-electron chi connectivity index (χ4n) is 3.91. The first-order chi connectivity index (χ1) is 12.2. The molecule has 1 aromatic heterocycles. The van der Waals surface area contributed by atoms with E-state index in [1.54, 1.807) is 6.33 Å². The van der Waals surface area contributed by atoms with Crippen LogP contribution in [0.2, 0.25) is 0 Å². The molecule has 2 aliphatic rings. The molecule has 0 amide bonds. The van der Waals surface area contributed by atoms with Crippen LogP contribution in [-0.4, -0.2) is 77.6 Å². The van der Waals surface area contributed by atoms with E-state index < -0.39 is 0 Å². The molecule has 0 aliphatic carbocycles. The molecular weight excluding hydrogens is 318 g/mol. The first-order valence-electron chi connectivity index (χ1n) is 9.47. The van der Waals surface area contributed by atoms with Crippen molar-refractivity contribution in [2.75, 3.05) is 49.5 Å². The van der Waals surface area contributed by atoms with Gasteiger partial charge in [0.2, 0.25) is 0 Å². The van der Waals surface area contributed by atoms with E-state index in [0.717, 1.165) is 63.6 Å². The Bertz CT molecular complexity index is 534. The second kappa shape index (κ2) is 8.78. The standard InChI is InChI=1S/C18H31N5O2/c1-14-10-22(11-15(2)25-14)7-4-6-19-17-9-18(21-13-20-17)23-8-3-5-16(23)12-24/h9,13-16,24H,3-8,10-12H2,1-2H3,(H,19,20,21)/t14-,15+,16-/m1/s1. The number of aliphatic hydroxyl groups excluding tert-OH is 1. The topological polar surface area (TPSA) is 73.8 Å². The zero-order valence-electron chi connectivity index (χ0n) is 15.4. The van der Waals surface area contributed by atoms with Gasteiger partial charge >= 0.3 is 0 Å². The minimum absolute atomic E-state index is 0.184. The van der Waals surface area contributed by atoms with Crippen molar-refractivity contribution in [2.24, 2.45) is 0 Å². The van der Waals surface area contributed by atoms with Gasteiger partial charge in [-0.05, 0) is 33.1 Å². The maximum absolute atomic E-state index is 9.49. The average molecular weight is 349 g/mol. The third-order valence-electron chi connectivity index (χ3n) is 4.99. The summed E-state index contributed by atoms with van der Waals surface area (Å²) in [5.41, 5.74) is 0. The van der Waals surface area contributed by atoms with E-state index in [4.69, 9.17) is 4.74 Å². The number of nitrogens with zero attached hydrogens (tertiary/aromatic N) is 4. The molecule has 0 aromatic carbocycles. The van der Waals surface area contributed by atoms with E-state index in [1.165, 1.54) is 0 Å². The molecule has 3 heterocycles. The largest absolute Gasteiger partial charge is 0.394 e. The van der Waals surface area contributed by atoms with Crippen molar-refractivity contribution in [2.45, 2.75) is 51.4 Å². The Hall–Kier alpha value is -1.44. The summed E-state index contributed by atoms with van der Waals surface area (Å²) in [6.45, 7) is 9.40. The Labute approximate surface area is 150 Å². The number of nitrogens with one attached hydrogen (secondary N) is 1. The van der Waals surface area contributed by atoms with Gasteiger partial charge in [-0.25, -0.2) is 9.97 Å². The van der Waals surface area contributed by atoms with Gasteiger partial charge in [-0.2, -0.15) is 0 Å². The van der Waals surface area contributed by atoms with Crippen molar-refractivity contribution in [1.82, 2.24) is 14.9 Å². The van der Waals surface area contributed by atoms with Crippen LogP contribution >= 0.6 is 0 Å². The van der Waals surface area contributed by atoms with Crippen LogP contribution in [0.3, 0.4) is 0 Å². The van der Waals surface area contributed by atoms with Gasteiger partial charge in [-0.3, -0.25) is 4.90 Å². The van der Waals surface area contributed by atoms with Crippen molar-refractivity contribution in [1.29, 1.82) is 0 Å². The predicted molar refractivity (Wildman–Crippen MR) is 99.0 cm³/mol. The monoisotopic (exact) mass is 349 g/mol. The van der Waals surface area contributed by atoms with Crippen molar-refractivity contribution >= 4 is 11.6 Å². The lowest BCUT2D eigenvalue weighted by Gasteiger charge is -2.35. The van der Waals surface area contributed by atoms with E-state index in [2.05, 4.69) is 38.9 Å². The summed E-state index contributed by atoms with van der Waals surface area (Å²) in [5.74, 6) is 1.77. The van der Waals surface area contributed by atoms with E-state index in [9.17, 15) is 5.11 Å². The quantitative estimate of drug-likeness (QED) is 0.720. The summed E-state index contributed by atoms with van der Waals surface area (Å²) in [6.07, 6.45) is 5.45. The zero-order chi connectivity index (χ0) is 17.6. The van der Waals surface area contributed by atoms with Crippen LogP contribution in [-0.2, 0) is 4.74 Å². The molecule has 1 aromatic rings. The molecule has 0 bridgehead atoms. The smallest absolute Gasteiger partial charge is 0.134 e. The fourth-order valence-corrected chi connectivity index (χ4v) is 3.91. The SMILES string of the molecule is C[C@@H]1CN(CCCNc2cc(N3CCC[C@@H]3CO)ncn2)C[C@H](C)O1. The van der Waals surface area contributed by atoms with Gasteiger partial charge in [0.05, 0.1) is 24.9 Å². The summed E-state index contributed by atoms with van der Waals surface area (Å²) in [6, 6.07) is 2.18. The van der Waals surface area contributed by atoms with Gasteiger partial charge in [-0.15, -0.1) is 0 Å². The second-order valence-electron chi connectivity index (χ2n) is 7.23. The second-order valence-corrected chi connectivity index (χ2v) is 7.23. The normalized spacial score (nSPS) is 27.6. The number of hydrogen-bond donors (Lipinski definition) is 2. The number of aromatic nitrogens is 2. The van der Waals surface area contributed by atoms with Crippen molar-refractivity contribution in [3.63, 3.8) is 0 Å². The van der Waals surface area contributed by atoms with E-state index in [0.29, 0.717) is 12.2 Å². The minimum Gasteiger partial charge on any atom is -0.394 e. The third kappa shape index (κ3) is 5.03. The zero-order valence-corrected chi connectivity index (χ0v) is 15.4. The first-order valence-corrected chi connectivity index (χ1v) is 9.47. The maximum Gasteiger partial charge on any atom is 0.134 e. The molecule has 2 aliphatic heterocycles. The molecule has 3 rings (SSSR count). The Morgan fingerprint density at radius 2 is 2.08 bits per heavy atom. The molecule has 0 spiro atoms. The van der Waals surface area contributed by atoms with Crippen molar-refractivity contribution in [3.8, 4) is 0 Å². The lowest BCUT2D eigenvalue weighted by Crippen LogP contribution is -2.45. The molecule has 2 fully saturated rings. The van der Waals surface area contributed by atoms with Crippen LogP contribution in [0.15, 0.2) is 12.4 Å². The van der Waals surface area contributed by atoms with Gasteiger partial charge in [0, 0.05) is 38.8 Å². The molecule has 7 nitrogen and oxygen atoms in total. The lowest BCUT2D eigenvalue weighted by molar-refractivity contribution is -0.0678. The lowest BCUT2D eigenvalue weighted by atomic mass is 10.2. The van der Waals surface area contributed by atoms with E-state index >= 15 is 0 Å². The van der Waals surface area contributed by atoms with E-state index in [-0.39, 0.29) is 12.6 Å². The van der Waals surface area contributed by atoms with Gasteiger partial charge in [-0.1, -0.05) is 0 Å². The summed E-state index contributed by atoms with van der Waals surface area (Å²) in [7, 11) is 0. The van der Waals surface area contributed by atoms with Gasteiger partial charge in [0.15, 0.2) is 0 Å². The highest BCUT2D eigenvalue weighted by Crippen LogP contribution is 2.24. The number of hydrogen-bond acceptors (Lipinski definition) is 7. The maximum atomic E-state index is 9.49. The number of rotatable bonds is 7. The number of morpholine rings is 1. The summed E-state index contributed by atoms with van der Waals surface area (Å²) in [4.78, 5) is 13.4.